The lowest BCUT2D eigenvalue weighted by Crippen LogP contribution is -2.55. The first kappa shape index (κ1) is 23.9. The molecule has 0 bridgehead atoms. The molecule has 2 amide bonds. The maximum absolute atomic E-state index is 13.2. The predicted molar refractivity (Wildman–Crippen MR) is 124 cm³/mol. The second-order valence-electron chi connectivity index (χ2n) is 9.28. The fourth-order valence-electron chi connectivity index (χ4n) is 3.87. The number of para-hydroxylation sites is 1. The van der Waals surface area contributed by atoms with E-state index >= 15 is 0 Å². The van der Waals surface area contributed by atoms with Crippen LogP contribution in [-0.4, -0.2) is 49.4 Å². The molecule has 2 aromatic rings. The van der Waals surface area contributed by atoms with E-state index in [0.29, 0.717) is 30.9 Å². The van der Waals surface area contributed by atoms with Gasteiger partial charge in [-0.1, -0.05) is 39.0 Å². The third-order valence-electron chi connectivity index (χ3n) is 5.61. The van der Waals surface area contributed by atoms with Crippen LogP contribution in [0.2, 0.25) is 0 Å². The third kappa shape index (κ3) is 5.74. The number of benzene rings is 1. The molecule has 3 atom stereocenters. The summed E-state index contributed by atoms with van der Waals surface area (Å²) >= 11 is 0. The number of nitrogens with zero attached hydrogens (tertiary/aromatic N) is 3. The Kier molecular flexibility index (Phi) is 7.67. The van der Waals surface area contributed by atoms with Crippen LogP contribution in [-0.2, 0) is 22.1 Å². The van der Waals surface area contributed by atoms with Crippen molar-refractivity contribution in [3.8, 4) is 6.07 Å². The highest BCUT2D eigenvalue weighted by atomic mass is 32.2. The fraction of sp³-hybridized carbons (Fsp3) is 0.565. The number of hydrogen-bond acceptors (Lipinski definition) is 5. The Labute approximate surface area is 191 Å². The van der Waals surface area contributed by atoms with Gasteiger partial charge in [0.15, 0.2) is 5.69 Å². The van der Waals surface area contributed by atoms with E-state index in [0.717, 1.165) is 23.7 Å². The first-order valence-electron chi connectivity index (χ1n) is 11.0. The molecule has 3 rings (SSSR count). The lowest BCUT2D eigenvalue weighted by Gasteiger charge is -2.31. The highest BCUT2D eigenvalue weighted by Crippen LogP contribution is 2.23. The lowest BCUT2D eigenvalue weighted by atomic mass is 9.85. The minimum atomic E-state index is -0.894. The van der Waals surface area contributed by atoms with Crippen LogP contribution >= 0.6 is 0 Å². The number of unbranched alkanes of at least 4 members (excludes halogenated alkanes) is 2. The first-order chi connectivity index (χ1) is 15.2. The van der Waals surface area contributed by atoms with E-state index in [-0.39, 0.29) is 17.6 Å². The molecular weight excluding hydrogens is 426 g/mol. The fourth-order valence-corrected chi connectivity index (χ4v) is 5.28. The molecule has 1 aromatic heterocycles. The second-order valence-corrected chi connectivity index (χ2v) is 10.9. The Hall–Kier alpha value is -2.73. The predicted octanol–water partition coefficient (Wildman–Crippen LogP) is 2.51. The van der Waals surface area contributed by atoms with Crippen LogP contribution in [0.25, 0.3) is 10.9 Å². The van der Waals surface area contributed by atoms with Gasteiger partial charge in [-0.3, -0.25) is 18.5 Å². The number of nitriles is 1. The molecule has 32 heavy (non-hydrogen) atoms. The summed E-state index contributed by atoms with van der Waals surface area (Å²) < 4.78 is 13.5. The van der Waals surface area contributed by atoms with Gasteiger partial charge in [-0.15, -0.1) is 0 Å². The van der Waals surface area contributed by atoms with Crippen molar-refractivity contribution in [3.63, 3.8) is 0 Å². The van der Waals surface area contributed by atoms with Gasteiger partial charge in [-0.25, -0.2) is 0 Å². The van der Waals surface area contributed by atoms with Crippen LogP contribution in [0, 0.1) is 16.7 Å². The standard InChI is InChI=1S/C23H31N5O3S/c1-23(2,3)20(22(30)25-16-11-14-32(31)15-16)26-21(29)19-17-9-5-6-10-18(17)28(27-19)13-8-4-7-12-24/h5-6,9-10,16,20H,4,7-8,11,13-15H2,1-3H3,(H,25,30)(H,26,29). The van der Waals surface area contributed by atoms with Crippen molar-refractivity contribution in [2.24, 2.45) is 5.41 Å². The summed E-state index contributed by atoms with van der Waals surface area (Å²) in [4.78, 5) is 26.3. The number of hydrogen-bond donors (Lipinski definition) is 2. The molecule has 172 valence electrons. The zero-order chi connectivity index (χ0) is 23.3. The van der Waals surface area contributed by atoms with Crippen molar-refractivity contribution < 1.29 is 13.8 Å². The zero-order valence-electron chi connectivity index (χ0n) is 18.9. The van der Waals surface area contributed by atoms with Crippen LogP contribution < -0.4 is 10.6 Å². The minimum absolute atomic E-state index is 0.126. The highest BCUT2D eigenvalue weighted by molar-refractivity contribution is 7.85. The molecule has 0 saturated carbocycles. The number of carbonyl (C=O) groups excluding carboxylic acids is 2. The molecule has 9 heteroatoms. The Balaban J connectivity index is 1.79. The molecule has 0 aliphatic carbocycles. The number of rotatable bonds is 8. The average Bonchev–Trinajstić information content (AvgIpc) is 3.31. The molecule has 8 nitrogen and oxygen atoms in total. The number of aryl methyl sites for hydroxylation is 1. The van der Waals surface area contributed by atoms with E-state index in [2.05, 4.69) is 21.8 Å². The summed E-state index contributed by atoms with van der Waals surface area (Å²) in [7, 11) is -0.894. The number of nitrogens with one attached hydrogen (secondary N) is 2. The number of aromatic nitrogens is 2. The number of fused-ring (bicyclic) bond motifs is 1. The first-order valence-corrected chi connectivity index (χ1v) is 12.5. The molecular formula is C23H31N5O3S. The smallest absolute Gasteiger partial charge is 0.273 e. The zero-order valence-corrected chi connectivity index (χ0v) is 19.7. The van der Waals surface area contributed by atoms with E-state index in [1.807, 2.05) is 45.0 Å². The van der Waals surface area contributed by atoms with E-state index in [1.54, 1.807) is 4.68 Å². The molecule has 1 saturated heterocycles. The average molecular weight is 458 g/mol. The topological polar surface area (TPSA) is 117 Å². The minimum Gasteiger partial charge on any atom is -0.351 e. The van der Waals surface area contributed by atoms with Gasteiger partial charge in [0.25, 0.3) is 5.91 Å². The monoisotopic (exact) mass is 457 g/mol. The van der Waals surface area contributed by atoms with Gasteiger partial charge in [0.05, 0.1) is 11.6 Å². The van der Waals surface area contributed by atoms with Gasteiger partial charge in [-0.2, -0.15) is 10.4 Å². The molecule has 0 spiro atoms. The summed E-state index contributed by atoms with van der Waals surface area (Å²) in [5.41, 5.74) is 0.609. The van der Waals surface area contributed by atoms with Crippen molar-refractivity contribution in [1.29, 1.82) is 5.26 Å². The molecule has 0 radical (unpaired) electrons. The third-order valence-corrected chi connectivity index (χ3v) is 7.08. The highest BCUT2D eigenvalue weighted by Gasteiger charge is 2.36. The van der Waals surface area contributed by atoms with Crippen molar-refractivity contribution in [2.45, 2.75) is 65.1 Å². The summed E-state index contributed by atoms with van der Waals surface area (Å²) in [5, 5.41) is 19.9. The van der Waals surface area contributed by atoms with Crippen LogP contribution in [0.5, 0.6) is 0 Å². The second kappa shape index (κ2) is 10.3. The summed E-state index contributed by atoms with van der Waals surface area (Å²) in [6, 6.07) is 8.77. The van der Waals surface area contributed by atoms with E-state index in [4.69, 9.17) is 5.26 Å². The SMILES string of the molecule is CC(C)(C)C(NC(=O)c1nn(CCCCC#N)c2ccccc12)C(=O)NC1CCS(=O)C1. The Morgan fingerprint density at radius 3 is 2.72 bits per heavy atom. The van der Waals surface area contributed by atoms with Crippen LogP contribution in [0.3, 0.4) is 0 Å². The van der Waals surface area contributed by atoms with Gasteiger partial charge in [0, 0.05) is 46.7 Å². The van der Waals surface area contributed by atoms with Crippen molar-refractivity contribution >= 4 is 33.5 Å². The van der Waals surface area contributed by atoms with E-state index in [1.165, 1.54) is 0 Å². The van der Waals surface area contributed by atoms with E-state index in [9.17, 15) is 13.8 Å². The molecule has 3 unspecified atom stereocenters. The number of amides is 2. The Bertz CT molecular complexity index is 1050. The molecule has 2 N–H and O–H groups in total. The van der Waals surface area contributed by atoms with Gasteiger partial charge in [0.1, 0.15) is 6.04 Å². The molecule has 1 fully saturated rings. The Morgan fingerprint density at radius 1 is 1.31 bits per heavy atom. The van der Waals surface area contributed by atoms with Gasteiger partial charge >= 0.3 is 0 Å². The molecule has 1 aliphatic heterocycles. The quantitative estimate of drug-likeness (QED) is 0.591. The van der Waals surface area contributed by atoms with Crippen LogP contribution in [0.15, 0.2) is 24.3 Å². The lowest BCUT2D eigenvalue weighted by molar-refractivity contribution is -0.125. The molecule has 2 heterocycles. The van der Waals surface area contributed by atoms with Gasteiger partial charge < -0.3 is 10.6 Å². The molecule has 1 aromatic carbocycles. The Morgan fingerprint density at radius 2 is 2.06 bits per heavy atom. The van der Waals surface area contributed by atoms with Crippen LogP contribution in [0.1, 0.15) is 56.9 Å². The van der Waals surface area contributed by atoms with E-state index < -0.39 is 28.2 Å². The maximum atomic E-state index is 13.2. The molecule has 1 aliphatic rings. The van der Waals surface area contributed by atoms with Gasteiger partial charge in [-0.05, 0) is 30.7 Å². The van der Waals surface area contributed by atoms with Crippen molar-refractivity contribution in [3.05, 3.63) is 30.0 Å². The largest absolute Gasteiger partial charge is 0.351 e. The maximum Gasteiger partial charge on any atom is 0.273 e. The summed E-state index contributed by atoms with van der Waals surface area (Å²) in [5.74, 6) is 0.379. The van der Waals surface area contributed by atoms with Gasteiger partial charge in [0.2, 0.25) is 5.91 Å². The van der Waals surface area contributed by atoms with Crippen molar-refractivity contribution in [1.82, 2.24) is 20.4 Å². The summed E-state index contributed by atoms with van der Waals surface area (Å²) in [6.07, 6.45) is 2.73. The van der Waals surface area contributed by atoms with Crippen molar-refractivity contribution in [2.75, 3.05) is 11.5 Å². The van der Waals surface area contributed by atoms with Crippen LogP contribution in [0.4, 0.5) is 0 Å². The normalized spacial score (nSPS) is 19.4. The summed E-state index contributed by atoms with van der Waals surface area (Å²) in [6.45, 7) is 6.31. The number of carbonyl (C=O) groups is 2.